The van der Waals surface area contributed by atoms with Crippen molar-refractivity contribution in [2.75, 3.05) is 5.32 Å². The standard InChI is InChI=1S/C17H14BrN3O2/c1-10-7-11(2)9-12(8-10)16-20-21-17(23-16)19-15(22)13-5-3-4-6-14(13)18/h3-9H,1-2H3,(H,19,21,22). The summed E-state index contributed by atoms with van der Waals surface area (Å²) in [6.07, 6.45) is 0. The number of nitrogens with one attached hydrogen (secondary N) is 1. The molecule has 1 heterocycles. The lowest BCUT2D eigenvalue weighted by Gasteiger charge is -2.02. The second-order valence-corrected chi connectivity index (χ2v) is 6.08. The van der Waals surface area contributed by atoms with Crippen molar-refractivity contribution in [1.82, 2.24) is 10.2 Å². The minimum Gasteiger partial charge on any atom is -0.403 e. The van der Waals surface area contributed by atoms with Gasteiger partial charge in [0.15, 0.2) is 0 Å². The van der Waals surface area contributed by atoms with Crippen molar-refractivity contribution in [2.45, 2.75) is 13.8 Å². The highest BCUT2D eigenvalue weighted by Crippen LogP contribution is 2.23. The minimum atomic E-state index is -0.312. The third-order valence-electron chi connectivity index (χ3n) is 3.23. The molecule has 3 aromatic rings. The molecule has 2 aromatic carbocycles. The molecular weight excluding hydrogens is 358 g/mol. The molecule has 23 heavy (non-hydrogen) atoms. The summed E-state index contributed by atoms with van der Waals surface area (Å²) < 4.78 is 6.24. The van der Waals surface area contributed by atoms with Gasteiger partial charge in [-0.2, -0.15) is 0 Å². The number of hydrogen-bond donors (Lipinski definition) is 1. The van der Waals surface area contributed by atoms with E-state index in [0.717, 1.165) is 16.7 Å². The van der Waals surface area contributed by atoms with Crippen molar-refractivity contribution in [3.05, 3.63) is 63.6 Å². The number of hydrogen-bond acceptors (Lipinski definition) is 4. The zero-order chi connectivity index (χ0) is 16.4. The monoisotopic (exact) mass is 371 g/mol. The van der Waals surface area contributed by atoms with Crippen molar-refractivity contribution in [3.63, 3.8) is 0 Å². The molecule has 0 saturated heterocycles. The lowest BCUT2D eigenvalue weighted by Crippen LogP contribution is -2.12. The van der Waals surface area contributed by atoms with E-state index < -0.39 is 0 Å². The van der Waals surface area contributed by atoms with E-state index in [9.17, 15) is 4.79 Å². The SMILES string of the molecule is Cc1cc(C)cc(-c2nnc(NC(=O)c3ccccc3Br)o2)c1. The van der Waals surface area contributed by atoms with Crippen LogP contribution in [0.4, 0.5) is 6.01 Å². The number of anilines is 1. The number of carbonyl (C=O) groups is 1. The summed E-state index contributed by atoms with van der Waals surface area (Å²) in [5.41, 5.74) is 3.55. The lowest BCUT2D eigenvalue weighted by molar-refractivity contribution is 0.102. The molecule has 0 bridgehead atoms. The second kappa shape index (κ2) is 6.34. The smallest absolute Gasteiger partial charge is 0.322 e. The molecule has 6 heteroatoms. The molecule has 0 atom stereocenters. The summed E-state index contributed by atoms with van der Waals surface area (Å²) in [5, 5.41) is 10.5. The van der Waals surface area contributed by atoms with E-state index in [1.165, 1.54) is 0 Å². The number of aryl methyl sites for hydroxylation is 2. The van der Waals surface area contributed by atoms with Gasteiger partial charge in [-0.1, -0.05) is 34.4 Å². The second-order valence-electron chi connectivity index (χ2n) is 5.22. The Morgan fingerprint density at radius 1 is 1.09 bits per heavy atom. The van der Waals surface area contributed by atoms with Crippen LogP contribution in [0.2, 0.25) is 0 Å². The first-order valence-electron chi connectivity index (χ1n) is 7.01. The molecule has 0 fully saturated rings. The van der Waals surface area contributed by atoms with E-state index >= 15 is 0 Å². The molecule has 116 valence electrons. The molecule has 0 aliphatic rings. The van der Waals surface area contributed by atoms with Crippen LogP contribution in [0.3, 0.4) is 0 Å². The van der Waals surface area contributed by atoms with Gasteiger partial charge in [-0.25, -0.2) is 0 Å². The number of halogens is 1. The number of nitrogens with zero attached hydrogens (tertiary/aromatic N) is 2. The van der Waals surface area contributed by atoms with Crippen LogP contribution in [0.5, 0.6) is 0 Å². The van der Waals surface area contributed by atoms with Gasteiger partial charge < -0.3 is 4.42 Å². The van der Waals surface area contributed by atoms with Crippen LogP contribution >= 0.6 is 15.9 Å². The van der Waals surface area contributed by atoms with Gasteiger partial charge in [0.25, 0.3) is 5.91 Å². The van der Waals surface area contributed by atoms with Crippen LogP contribution in [0.25, 0.3) is 11.5 Å². The Morgan fingerprint density at radius 3 is 2.48 bits per heavy atom. The highest BCUT2D eigenvalue weighted by atomic mass is 79.9. The molecule has 0 saturated carbocycles. The van der Waals surface area contributed by atoms with E-state index in [2.05, 4.69) is 37.5 Å². The van der Waals surface area contributed by atoms with Crippen molar-refractivity contribution in [1.29, 1.82) is 0 Å². The first kappa shape index (κ1) is 15.4. The normalized spacial score (nSPS) is 10.6. The highest BCUT2D eigenvalue weighted by molar-refractivity contribution is 9.10. The van der Waals surface area contributed by atoms with Gasteiger partial charge in [0.05, 0.1) is 5.56 Å². The number of rotatable bonds is 3. The molecule has 0 aliphatic heterocycles. The molecule has 5 nitrogen and oxygen atoms in total. The Hall–Kier alpha value is -2.47. The van der Waals surface area contributed by atoms with Gasteiger partial charge in [0.1, 0.15) is 0 Å². The zero-order valence-electron chi connectivity index (χ0n) is 12.6. The van der Waals surface area contributed by atoms with E-state index in [1.807, 2.05) is 32.0 Å². The third-order valence-corrected chi connectivity index (χ3v) is 3.92. The predicted octanol–water partition coefficient (Wildman–Crippen LogP) is 4.37. The molecule has 1 N–H and O–H groups in total. The van der Waals surface area contributed by atoms with E-state index in [-0.39, 0.29) is 11.9 Å². The number of aromatic nitrogens is 2. The topological polar surface area (TPSA) is 68.0 Å². The van der Waals surface area contributed by atoms with Gasteiger partial charge >= 0.3 is 6.01 Å². The average molecular weight is 372 g/mol. The van der Waals surface area contributed by atoms with Crippen LogP contribution in [0.1, 0.15) is 21.5 Å². The van der Waals surface area contributed by atoms with Gasteiger partial charge in [-0.15, -0.1) is 5.10 Å². The highest BCUT2D eigenvalue weighted by Gasteiger charge is 2.14. The number of carbonyl (C=O) groups excluding carboxylic acids is 1. The van der Waals surface area contributed by atoms with E-state index in [4.69, 9.17) is 4.42 Å². The Labute approximate surface area is 141 Å². The minimum absolute atomic E-state index is 0.0694. The van der Waals surface area contributed by atoms with Gasteiger partial charge in [0.2, 0.25) is 5.89 Å². The van der Waals surface area contributed by atoms with Crippen LogP contribution in [-0.4, -0.2) is 16.1 Å². The summed E-state index contributed by atoms with van der Waals surface area (Å²) in [7, 11) is 0. The number of benzene rings is 2. The first-order valence-corrected chi connectivity index (χ1v) is 7.80. The Morgan fingerprint density at radius 2 is 1.78 bits per heavy atom. The average Bonchev–Trinajstić information content (AvgIpc) is 2.95. The largest absolute Gasteiger partial charge is 0.403 e. The molecule has 3 rings (SSSR count). The van der Waals surface area contributed by atoms with Crippen LogP contribution in [0.15, 0.2) is 51.4 Å². The molecule has 0 aliphatic carbocycles. The Balaban J connectivity index is 1.82. The Bertz CT molecular complexity index is 854. The first-order chi connectivity index (χ1) is 11.0. The van der Waals surface area contributed by atoms with Crippen LogP contribution in [-0.2, 0) is 0 Å². The maximum absolute atomic E-state index is 12.2. The Kier molecular flexibility index (Phi) is 4.25. The van der Waals surface area contributed by atoms with Gasteiger partial charge in [-0.05, 0) is 54.0 Å². The molecule has 0 unspecified atom stereocenters. The van der Waals surface area contributed by atoms with Crippen molar-refractivity contribution >= 4 is 27.9 Å². The summed E-state index contributed by atoms with van der Waals surface area (Å²) in [6.45, 7) is 4.00. The lowest BCUT2D eigenvalue weighted by atomic mass is 10.1. The van der Waals surface area contributed by atoms with Crippen molar-refractivity contribution in [3.8, 4) is 11.5 Å². The van der Waals surface area contributed by atoms with Crippen molar-refractivity contribution in [2.24, 2.45) is 0 Å². The maximum Gasteiger partial charge on any atom is 0.322 e. The van der Waals surface area contributed by atoms with Gasteiger partial charge in [-0.3, -0.25) is 10.1 Å². The molecule has 0 radical (unpaired) electrons. The summed E-state index contributed by atoms with van der Waals surface area (Å²) in [6, 6.07) is 13.2. The fourth-order valence-corrected chi connectivity index (χ4v) is 2.76. The maximum atomic E-state index is 12.2. The van der Waals surface area contributed by atoms with Crippen LogP contribution < -0.4 is 5.32 Å². The molecule has 1 amide bonds. The van der Waals surface area contributed by atoms with Gasteiger partial charge in [0, 0.05) is 10.0 Å². The van der Waals surface area contributed by atoms with E-state index in [0.29, 0.717) is 15.9 Å². The fraction of sp³-hybridized carbons (Fsp3) is 0.118. The zero-order valence-corrected chi connectivity index (χ0v) is 14.2. The summed E-state index contributed by atoms with van der Waals surface area (Å²) in [4.78, 5) is 12.2. The summed E-state index contributed by atoms with van der Waals surface area (Å²) in [5.74, 6) is 0.0623. The number of amides is 1. The molecule has 1 aromatic heterocycles. The summed E-state index contributed by atoms with van der Waals surface area (Å²) >= 11 is 3.34. The van der Waals surface area contributed by atoms with E-state index in [1.54, 1.807) is 18.2 Å². The predicted molar refractivity (Wildman–Crippen MR) is 91.3 cm³/mol. The fourth-order valence-electron chi connectivity index (χ4n) is 2.30. The molecular formula is C17H14BrN3O2. The quantitative estimate of drug-likeness (QED) is 0.742. The molecule has 0 spiro atoms. The third kappa shape index (κ3) is 3.48. The van der Waals surface area contributed by atoms with Crippen molar-refractivity contribution < 1.29 is 9.21 Å². The van der Waals surface area contributed by atoms with Crippen LogP contribution in [0, 0.1) is 13.8 Å².